The number of aliphatic hydroxyl groups excluding tert-OH is 1. The zero-order valence-electron chi connectivity index (χ0n) is 18.7. The van der Waals surface area contributed by atoms with Crippen LogP contribution in [-0.4, -0.2) is 59.7 Å². The molecule has 4 aliphatic rings. The fourth-order valence-electron chi connectivity index (χ4n) is 5.37. The van der Waals surface area contributed by atoms with Gasteiger partial charge in [-0.05, 0) is 56.7 Å². The van der Waals surface area contributed by atoms with Gasteiger partial charge in [-0.25, -0.2) is 14.4 Å². The smallest absolute Gasteiger partial charge is 0.163 e. The van der Waals surface area contributed by atoms with E-state index in [4.69, 9.17) is 21.1 Å². The molecule has 2 unspecified atom stereocenters. The fraction of sp³-hybridized carbons (Fsp3) is 0.583. The monoisotopic (exact) mass is 476 g/mol. The molecular weight excluding hydrogens is 447 g/mol. The second kappa shape index (κ2) is 8.98. The molecule has 1 aromatic carbocycles. The van der Waals surface area contributed by atoms with Crippen LogP contribution in [0.5, 0.6) is 0 Å². The van der Waals surface area contributed by atoms with Crippen molar-refractivity contribution < 1.29 is 19.0 Å². The molecule has 0 radical (unpaired) electrons. The molecule has 9 heteroatoms. The summed E-state index contributed by atoms with van der Waals surface area (Å²) in [7, 11) is 0. The van der Waals surface area contributed by atoms with Crippen molar-refractivity contribution in [3.63, 3.8) is 0 Å². The summed E-state index contributed by atoms with van der Waals surface area (Å²) in [6.07, 6.45) is 3.77. The average molecular weight is 477 g/mol. The van der Waals surface area contributed by atoms with Crippen LogP contribution >= 0.6 is 11.6 Å². The molecule has 4 heterocycles. The van der Waals surface area contributed by atoms with Gasteiger partial charge >= 0.3 is 0 Å². The van der Waals surface area contributed by atoms with E-state index in [1.54, 1.807) is 12.1 Å². The van der Waals surface area contributed by atoms with Gasteiger partial charge in [-0.15, -0.1) is 0 Å². The molecule has 1 saturated carbocycles. The van der Waals surface area contributed by atoms with Crippen molar-refractivity contribution in [1.82, 2.24) is 9.97 Å². The summed E-state index contributed by atoms with van der Waals surface area (Å²) in [5, 5.41) is 16.5. The van der Waals surface area contributed by atoms with Crippen molar-refractivity contribution in [2.45, 2.75) is 44.2 Å². The van der Waals surface area contributed by atoms with Crippen LogP contribution < -0.4 is 10.6 Å². The summed E-state index contributed by atoms with van der Waals surface area (Å²) in [5.41, 5.74) is 0.314. The molecule has 3 N–H and O–H groups in total. The number of ether oxygens (including phenoxy) is 2. The van der Waals surface area contributed by atoms with Crippen LogP contribution in [0.3, 0.4) is 0 Å². The number of aromatic nitrogens is 2. The molecule has 1 aliphatic carbocycles. The third-order valence-electron chi connectivity index (χ3n) is 7.02. The molecule has 1 aromatic heterocycles. The van der Waals surface area contributed by atoms with Crippen molar-refractivity contribution >= 4 is 23.2 Å². The minimum absolute atomic E-state index is 0.0339. The Morgan fingerprint density at radius 2 is 2.09 bits per heavy atom. The molecule has 2 atom stereocenters. The zero-order valence-corrected chi connectivity index (χ0v) is 19.5. The van der Waals surface area contributed by atoms with Crippen molar-refractivity contribution in [2.24, 2.45) is 11.3 Å². The second-order valence-electron chi connectivity index (χ2n) is 9.94. The lowest BCUT2D eigenvalue weighted by molar-refractivity contribution is -0.0168. The van der Waals surface area contributed by atoms with Crippen molar-refractivity contribution in [1.29, 1.82) is 0 Å². The Morgan fingerprint density at radius 1 is 1.27 bits per heavy atom. The van der Waals surface area contributed by atoms with Crippen LogP contribution in [0.1, 0.15) is 32.6 Å². The number of fused-ring (bicyclic) bond motifs is 1. The third-order valence-corrected chi connectivity index (χ3v) is 7.30. The van der Waals surface area contributed by atoms with Gasteiger partial charge in [0.25, 0.3) is 0 Å². The van der Waals surface area contributed by atoms with Gasteiger partial charge in [0.05, 0.1) is 23.8 Å². The van der Waals surface area contributed by atoms with Crippen LogP contribution in [0.15, 0.2) is 24.3 Å². The SMILES string of the molecule is CC(CC1CCOC1)Nc1cc(NCC23CC(CO)(CO2)C3)nc(-c2ccc(F)c(Cl)c2)n1. The molecule has 3 aliphatic heterocycles. The lowest BCUT2D eigenvalue weighted by Crippen LogP contribution is -2.50. The molecule has 3 saturated heterocycles. The van der Waals surface area contributed by atoms with Gasteiger partial charge in [0.2, 0.25) is 0 Å². The minimum atomic E-state index is -0.477. The first kappa shape index (κ1) is 22.8. The molecule has 4 fully saturated rings. The van der Waals surface area contributed by atoms with E-state index in [0.717, 1.165) is 38.9 Å². The first-order chi connectivity index (χ1) is 15.9. The van der Waals surface area contributed by atoms with Gasteiger partial charge in [-0.3, -0.25) is 0 Å². The van der Waals surface area contributed by atoms with Gasteiger partial charge in [-0.1, -0.05) is 11.6 Å². The highest BCUT2D eigenvalue weighted by molar-refractivity contribution is 6.31. The highest BCUT2D eigenvalue weighted by Crippen LogP contribution is 2.57. The number of halogens is 2. The predicted octanol–water partition coefficient (Wildman–Crippen LogP) is 4.12. The number of hydrogen-bond acceptors (Lipinski definition) is 7. The summed E-state index contributed by atoms with van der Waals surface area (Å²) in [5.74, 6) is 1.88. The maximum Gasteiger partial charge on any atom is 0.163 e. The molecule has 0 amide bonds. The van der Waals surface area contributed by atoms with E-state index in [9.17, 15) is 9.50 Å². The summed E-state index contributed by atoms with van der Waals surface area (Å²) in [6.45, 7) is 5.13. The second-order valence-corrected chi connectivity index (χ2v) is 10.3. The van der Waals surface area contributed by atoms with E-state index in [1.165, 1.54) is 6.07 Å². The number of anilines is 2. The Kier molecular flexibility index (Phi) is 6.20. The van der Waals surface area contributed by atoms with Crippen LogP contribution in [0.2, 0.25) is 5.02 Å². The number of benzene rings is 1. The summed E-state index contributed by atoms with van der Waals surface area (Å²) < 4.78 is 25.2. The lowest BCUT2D eigenvalue weighted by atomic mass is 9.63. The van der Waals surface area contributed by atoms with Gasteiger partial charge in [0, 0.05) is 42.8 Å². The number of hydrogen-bond donors (Lipinski definition) is 3. The van der Waals surface area contributed by atoms with Crippen molar-refractivity contribution in [3.8, 4) is 11.4 Å². The van der Waals surface area contributed by atoms with E-state index < -0.39 is 5.82 Å². The summed E-state index contributed by atoms with van der Waals surface area (Å²) in [4.78, 5) is 9.34. The minimum Gasteiger partial charge on any atom is -0.396 e. The first-order valence-electron chi connectivity index (χ1n) is 11.6. The topological polar surface area (TPSA) is 88.5 Å². The first-order valence-corrected chi connectivity index (χ1v) is 11.9. The predicted molar refractivity (Wildman–Crippen MR) is 125 cm³/mol. The molecule has 0 spiro atoms. The van der Waals surface area contributed by atoms with Gasteiger partial charge in [0.15, 0.2) is 5.82 Å². The van der Waals surface area contributed by atoms with Crippen molar-refractivity contribution in [2.75, 3.05) is 43.6 Å². The molecule has 33 heavy (non-hydrogen) atoms. The number of nitrogens with zero attached hydrogens (tertiary/aromatic N) is 2. The number of aliphatic hydroxyl groups is 1. The average Bonchev–Trinajstić information content (AvgIpc) is 3.50. The third kappa shape index (κ3) is 4.80. The van der Waals surface area contributed by atoms with Crippen molar-refractivity contribution in [3.05, 3.63) is 35.1 Å². The largest absolute Gasteiger partial charge is 0.396 e. The van der Waals surface area contributed by atoms with Gasteiger partial charge < -0.3 is 25.2 Å². The lowest BCUT2D eigenvalue weighted by Gasteiger charge is -2.43. The summed E-state index contributed by atoms with van der Waals surface area (Å²) in [6, 6.07) is 6.59. The maximum absolute atomic E-state index is 13.7. The maximum atomic E-state index is 13.7. The molecule has 2 aromatic rings. The Bertz CT molecular complexity index is 1010. The highest BCUT2D eigenvalue weighted by Gasteiger charge is 2.61. The normalized spacial score (nSPS) is 29.0. The molecule has 6 rings (SSSR count). The molecular formula is C24H30ClFN4O3. The zero-order chi connectivity index (χ0) is 23.1. The van der Waals surface area contributed by atoms with E-state index >= 15 is 0 Å². The van der Waals surface area contributed by atoms with Crippen LogP contribution in [0, 0.1) is 17.2 Å². The van der Waals surface area contributed by atoms with Crippen LogP contribution in [0.4, 0.5) is 16.0 Å². The fourth-order valence-corrected chi connectivity index (χ4v) is 5.55. The van der Waals surface area contributed by atoms with E-state index in [0.29, 0.717) is 42.1 Å². The van der Waals surface area contributed by atoms with E-state index in [-0.39, 0.29) is 28.7 Å². The standard InChI is InChI=1S/C24H30ClFN4O3/c1-15(6-16-4-5-32-9-16)28-21-8-20(27-12-24-10-23(11-24,13-31)14-33-24)29-22(30-21)17-2-3-19(26)18(25)7-17/h2-3,7-8,15-16,31H,4-6,9-14H2,1H3,(H2,27,28,29,30). The quantitative estimate of drug-likeness (QED) is 0.501. The van der Waals surface area contributed by atoms with Crippen LogP contribution in [0.25, 0.3) is 11.4 Å². The summed E-state index contributed by atoms with van der Waals surface area (Å²) >= 11 is 6.01. The Hall–Kier alpha value is -2.00. The van der Waals surface area contributed by atoms with Gasteiger partial charge in [-0.2, -0.15) is 0 Å². The highest BCUT2D eigenvalue weighted by atomic mass is 35.5. The number of nitrogens with one attached hydrogen (secondary N) is 2. The molecule has 178 valence electrons. The van der Waals surface area contributed by atoms with E-state index in [2.05, 4.69) is 27.5 Å². The Labute approximate surface area is 198 Å². The van der Waals surface area contributed by atoms with E-state index in [1.807, 2.05) is 6.07 Å². The Morgan fingerprint density at radius 3 is 2.79 bits per heavy atom. The molecule has 2 bridgehead atoms. The van der Waals surface area contributed by atoms with Crippen LogP contribution in [-0.2, 0) is 9.47 Å². The van der Waals surface area contributed by atoms with Gasteiger partial charge in [0.1, 0.15) is 17.5 Å². The molecule has 7 nitrogen and oxygen atoms in total. The number of rotatable bonds is 9. The Balaban J connectivity index is 1.35.